The average molecular weight is 232 g/mol. The van der Waals surface area contributed by atoms with Crippen molar-refractivity contribution in [1.29, 1.82) is 0 Å². The van der Waals surface area contributed by atoms with Gasteiger partial charge < -0.3 is 4.74 Å². The molecular formula is C15H20O2. The second-order valence-electron chi connectivity index (χ2n) is 5.14. The van der Waals surface area contributed by atoms with Crippen molar-refractivity contribution in [2.45, 2.75) is 45.6 Å². The first-order valence-electron chi connectivity index (χ1n) is 6.30. The van der Waals surface area contributed by atoms with E-state index in [4.69, 9.17) is 4.74 Å². The lowest BCUT2D eigenvalue weighted by atomic mass is 9.88. The van der Waals surface area contributed by atoms with Gasteiger partial charge in [0.25, 0.3) is 0 Å². The molecular weight excluding hydrogens is 212 g/mol. The van der Waals surface area contributed by atoms with Crippen molar-refractivity contribution >= 4 is 5.97 Å². The molecule has 2 heteroatoms. The van der Waals surface area contributed by atoms with Gasteiger partial charge in [-0.1, -0.05) is 23.8 Å². The van der Waals surface area contributed by atoms with E-state index in [1.165, 1.54) is 11.1 Å². The van der Waals surface area contributed by atoms with Gasteiger partial charge in [-0.2, -0.15) is 0 Å². The summed E-state index contributed by atoms with van der Waals surface area (Å²) in [6.45, 7) is 8.14. The van der Waals surface area contributed by atoms with Gasteiger partial charge in [-0.15, -0.1) is 0 Å². The summed E-state index contributed by atoms with van der Waals surface area (Å²) >= 11 is 0. The van der Waals surface area contributed by atoms with E-state index < -0.39 is 0 Å². The van der Waals surface area contributed by atoms with Crippen molar-refractivity contribution in [2.24, 2.45) is 5.92 Å². The number of ether oxygens (including phenoxy) is 1. The monoisotopic (exact) mass is 232 g/mol. The van der Waals surface area contributed by atoms with E-state index in [9.17, 15) is 4.79 Å². The minimum atomic E-state index is -0.218. The molecule has 92 valence electrons. The molecule has 1 fully saturated rings. The Hall–Kier alpha value is -1.31. The van der Waals surface area contributed by atoms with Crippen molar-refractivity contribution in [3.63, 3.8) is 0 Å². The van der Waals surface area contributed by atoms with Crippen LogP contribution in [0.4, 0.5) is 0 Å². The first kappa shape index (κ1) is 12.2. The van der Waals surface area contributed by atoms with Gasteiger partial charge in [0.15, 0.2) is 0 Å². The van der Waals surface area contributed by atoms with Crippen LogP contribution >= 0.6 is 0 Å². The number of esters is 1. The van der Waals surface area contributed by atoms with Gasteiger partial charge in [0.1, 0.15) is 6.10 Å². The lowest BCUT2D eigenvalue weighted by Crippen LogP contribution is -2.15. The van der Waals surface area contributed by atoms with Crippen molar-refractivity contribution < 1.29 is 9.53 Å². The number of carbonyl (C=O) groups excluding carboxylic acids is 1. The van der Waals surface area contributed by atoms with Crippen molar-refractivity contribution in [1.82, 2.24) is 0 Å². The minimum Gasteiger partial charge on any atom is -0.454 e. The Kier molecular flexibility index (Phi) is 3.51. The van der Waals surface area contributed by atoms with Gasteiger partial charge in [0, 0.05) is 11.5 Å². The lowest BCUT2D eigenvalue weighted by molar-refractivity contribution is -0.137. The molecule has 1 heterocycles. The van der Waals surface area contributed by atoms with Gasteiger partial charge in [0.2, 0.25) is 0 Å². The number of allylic oxidation sites excluding steroid dienone is 3. The van der Waals surface area contributed by atoms with E-state index in [0.29, 0.717) is 5.57 Å². The highest BCUT2D eigenvalue weighted by Crippen LogP contribution is 2.33. The van der Waals surface area contributed by atoms with Gasteiger partial charge in [-0.25, -0.2) is 4.79 Å². The van der Waals surface area contributed by atoms with Crippen molar-refractivity contribution in [3.05, 3.63) is 35.5 Å². The third-order valence-electron chi connectivity index (χ3n) is 3.68. The second-order valence-corrected chi connectivity index (χ2v) is 5.14. The van der Waals surface area contributed by atoms with Crippen molar-refractivity contribution in [3.8, 4) is 0 Å². The fourth-order valence-corrected chi connectivity index (χ4v) is 2.51. The summed E-state index contributed by atoms with van der Waals surface area (Å²) in [6, 6.07) is 0. The average Bonchev–Trinajstić information content (AvgIpc) is 2.52. The molecule has 0 unspecified atom stereocenters. The Morgan fingerprint density at radius 2 is 2.06 bits per heavy atom. The summed E-state index contributed by atoms with van der Waals surface area (Å²) in [5.41, 5.74) is 3.35. The van der Waals surface area contributed by atoms with Crippen LogP contribution in [0.15, 0.2) is 35.5 Å². The van der Waals surface area contributed by atoms with E-state index in [-0.39, 0.29) is 18.0 Å². The van der Waals surface area contributed by atoms with E-state index in [1.54, 1.807) is 0 Å². The van der Waals surface area contributed by atoms with Crippen LogP contribution in [-0.4, -0.2) is 12.1 Å². The largest absolute Gasteiger partial charge is 0.454 e. The minimum absolute atomic E-state index is 0.0825. The molecule has 0 N–H and O–H groups in total. The van der Waals surface area contributed by atoms with E-state index >= 15 is 0 Å². The highest BCUT2D eigenvalue weighted by Gasteiger charge is 2.36. The maximum absolute atomic E-state index is 11.6. The van der Waals surface area contributed by atoms with E-state index in [2.05, 4.69) is 32.6 Å². The summed E-state index contributed by atoms with van der Waals surface area (Å²) in [5, 5.41) is 0. The number of rotatable bonds is 0. The smallest absolute Gasteiger partial charge is 0.334 e. The van der Waals surface area contributed by atoms with E-state index in [0.717, 1.165) is 25.7 Å². The molecule has 0 aromatic carbocycles. The first-order chi connectivity index (χ1) is 8.08. The van der Waals surface area contributed by atoms with Crippen LogP contribution in [0.3, 0.4) is 0 Å². The van der Waals surface area contributed by atoms with Crippen LogP contribution in [0.2, 0.25) is 0 Å². The third kappa shape index (κ3) is 2.68. The predicted molar refractivity (Wildman–Crippen MR) is 68.5 cm³/mol. The van der Waals surface area contributed by atoms with Crippen LogP contribution in [0.1, 0.15) is 39.5 Å². The molecule has 1 aliphatic heterocycles. The Morgan fingerprint density at radius 3 is 2.82 bits per heavy atom. The van der Waals surface area contributed by atoms with Crippen LogP contribution in [0, 0.1) is 5.92 Å². The topological polar surface area (TPSA) is 26.3 Å². The molecule has 0 aromatic heterocycles. The zero-order valence-electron chi connectivity index (χ0n) is 10.7. The van der Waals surface area contributed by atoms with Gasteiger partial charge in [-0.3, -0.25) is 0 Å². The van der Waals surface area contributed by atoms with Crippen LogP contribution in [0.25, 0.3) is 0 Å². The van der Waals surface area contributed by atoms with Gasteiger partial charge in [-0.05, 0) is 45.6 Å². The zero-order chi connectivity index (χ0) is 12.4. The van der Waals surface area contributed by atoms with Crippen molar-refractivity contribution in [2.75, 3.05) is 0 Å². The van der Waals surface area contributed by atoms with Crippen LogP contribution in [-0.2, 0) is 9.53 Å². The molecule has 0 aromatic rings. The van der Waals surface area contributed by atoms with Gasteiger partial charge >= 0.3 is 5.97 Å². The summed E-state index contributed by atoms with van der Waals surface area (Å²) in [7, 11) is 0. The Morgan fingerprint density at radius 1 is 1.29 bits per heavy atom. The Bertz CT molecular complexity index is 401. The second kappa shape index (κ2) is 4.91. The molecule has 1 saturated heterocycles. The molecule has 0 bridgehead atoms. The standard InChI is InChI=1S/C15H20O2/c1-10-5-4-6-11(2)9-14-13(8-7-10)12(3)15(16)17-14/h5,9,13-14H,3-4,6-8H2,1-2H3/b10-5?,11-9+/t13-,14-/m0/s1. The quantitative estimate of drug-likeness (QED) is 0.363. The maximum atomic E-state index is 11.6. The Balaban J connectivity index is 2.24. The molecule has 0 amide bonds. The third-order valence-corrected chi connectivity index (χ3v) is 3.68. The summed E-state index contributed by atoms with van der Waals surface area (Å²) in [6.07, 6.45) is 8.45. The normalized spacial score (nSPS) is 33.3. The fraction of sp³-hybridized carbons (Fsp3) is 0.533. The molecule has 0 saturated carbocycles. The number of hydrogen-bond acceptors (Lipinski definition) is 2. The summed E-state index contributed by atoms with van der Waals surface area (Å²) < 4.78 is 5.38. The maximum Gasteiger partial charge on any atom is 0.334 e. The van der Waals surface area contributed by atoms with Gasteiger partial charge in [0.05, 0.1) is 0 Å². The summed E-state index contributed by atoms with van der Waals surface area (Å²) in [5.74, 6) is -0.0520. The van der Waals surface area contributed by atoms with E-state index in [1.807, 2.05) is 0 Å². The molecule has 2 rings (SSSR count). The molecule has 2 aliphatic rings. The highest BCUT2D eigenvalue weighted by molar-refractivity contribution is 5.91. The predicted octanol–water partition coefficient (Wildman–Crippen LogP) is 3.55. The highest BCUT2D eigenvalue weighted by atomic mass is 16.5. The number of carbonyl (C=O) groups is 1. The molecule has 2 nitrogen and oxygen atoms in total. The molecule has 0 radical (unpaired) electrons. The van der Waals surface area contributed by atoms with Crippen LogP contribution < -0.4 is 0 Å². The van der Waals surface area contributed by atoms with Crippen LogP contribution in [0.5, 0.6) is 0 Å². The molecule has 2 atom stereocenters. The first-order valence-corrected chi connectivity index (χ1v) is 6.30. The molecule has 17 heavy (non-hydrogen) atoms. The molecule has 1 aliphatic carbocycles. The fourth-order valence-electron chi connectivity index (χ4n) is 2.51. The zero-order valence-corrected chi connectivity index (χ0v) is 10.7. The number of hydrogen-bond donors (Lipinski definition) is 0. The lowest BCUT2D eigenvalue weighted by Gasteiger charge is -2.17. The SMILES string of the molecule is C=C1C(=O)O[C@H]2/C=C(\C)CCC=C(C)CC[C@@H]12. The number of fused-ring (bicyclic) bond motifs is 1. The summed E-state index contributed by atoms with van der Waals surface area (Å²) in [4.78, 5) is 11.6. The Labute approximate surface area is 103 Å². The molecule has 0 spiro atoms.